The van der Waals surface area contributed by atoms with Crippen molar-refractivity contribution in [2.75, 3.05) is 18.4 Å². The van der Waals surface area contributed by atoms with Crippen LogP contribution in [0.1, 0.15) is 0 Å². The fourth-order valence-electron chi connectivity index (χ4n) is 2.63. The highest BCUT2D eigenvalue weighted by atomic mass is 32.2. The maximum absolute atomic E-state index is 13.8. The molecule has 0 fully saturated rings. The van der Waals surface area contributed by atoms with E-state index in [4.69, 9.17) is 0 Å². The quantitative estimate of drug-likeness (QED) is 0.353. The van der Waals surface area contributed by atoms with Gasteiger partial charge in [-0.3, -0.25) is 15.1 Å². The highest BCUT2D eigenvalue weighted by Crippen LogP contribution is 2.25. The maximum atomic E-state index is 13.8. The number of sulfonamides is 1. The molecule has 0 saturated carbocycles. The molecule has 0 atom stereocenters. The second kappa shape index (κ2) is 7.82. The van der Waals surface area contributed by atoms with Gasteiger partial charge in [-0.05, 0) is 18.2 Å². The number of hydrogen-bond donors (Lipinski definition) is 2. The molecule has 0 amide bonds. The van der Waals surface area contributed by atoms with Gasteiger partial charge in [0.2, 0.25) is 10.0 Å². The number of fused-ring (bicyclic) bond motifs is 1. The third kappa shape index (κ3) is 4.05. The average molecular weight is 408 g/mol. The van der Waals surface area contributed by atoms with Gasteiger partial charge in [0.1, 0.15) is 11.3 Å². The van der Waals surface area contributed by atoms with E-state index in [2.05, 4.69) is 15.0 Å². The fourth-order valence-corrected chi connectivity index (χ4v) is 3.83. The molecule has 3 rings (SSSR count). The number of anilines is 1. The van der Waals surface area contributed by atoms with E-state index >= 15 is 0 Å². The summed E-state index contributed by atoms with van der Waals surface area (Å²) in [6.07, 6.45) is 1.34. The Bertz CT molecular complexity index is 1160. The summed E-state index contributed by atoms with van der Waals surface area (Å²) in [5.41, 5.74) is -0.186. The van der Waals surface area contributed by atoms with Crippen LogP contribution in [0.5, 0.6) is 0 Å². The van der Waals surface area contributed by atoms with Crippen molar-refractivity contribution in [1.29, 1.82) is 0 Å². The van der Waals surface area contributed by atoms with E-state index in [1.54, 1.807) is 0 Å². The summed E-state index contributed by atoms with van der Waals surface area (Å²) in [5, 5.41) is 14.1. The molecule has 146 valence electrons. The summed E-state index contributed by atoms with van der Waals surface area (Å²) in [6, 6.07) is 8.31. The van der Waals surface area contributed by atoms with Gasteiger partial charge in [-0.1, -0.05) is 12.1 Å². The van der Waals surface area contributed by atoms with Gasteiger partial charge in [0.05, 0.1) is 4.92 Å². The second-order valence-electron chi connectivity index (χ2n) is 5.69. The SMILES string of the molecule is O=[N+]([O-])c1ccccc1S(=O)(=O)NCCNc1ccnc2c(F)cc(F)cc12. The number of hydrogen-bond acceptors (Lipinski definition) is 6. The molecule has 0 spiro atoms. The van der Waals surface area contributed by atoms with E-state index in [9.17, 15) is 27.3 Å². The Morgan fingerprint density at radius 1 is 1.11 bits per heavy atom. The van der Waals surface area contributed by atoms with E-state index in [1.807, 2.05) is 0 Å². The molecule has 28 heavy (non-hydrogen) atoms. The van der Waals surface area contributed by atoms with Crippen LogP contribution in [-0.4, -0.2) is 31.4 Å². The van der Waals surface area contributed by atoms with Crippen molar-refractivity contribution in [3.05, 3.63) is 70.4 Å². The van der Waals surface area contributed by atoms with Crippen LogP contribution in [0.4, 0.5) is 20.2 Å². The predicted octanol–water partition coefficient (Wildman–Crippen LogP) is 2.81. The lowest BCUT2D eigenvalue weighted by atomic mass is 10.1. The average Bonchev–Trinajstić information content (AvgIpc) is 2.65. The van der Waals surface area contributed by atoms with Crippen molar-refractivity contribution in [3.63, 3.8) is 0 Å². The molecule has 3 aromatic rings. The molecular weight excluding hydrogens is 394 g/mol. The maximum Gasteiger partial charge on any atom is 0.289 e. The first-order valence-electron chi connectivity index (χ1n) is 8.00. The van der Waals surface area contributed by atoms with Crippen molar-refractivity contribution in [2.24, 2.45) is 0 Å². The number of nitro groups is 1. The van der Waals surface area contributed by atoms with Gasteiger partial charge < -0.3 is 5.32 Å². The van der Waals surface area contributed by atoms with Crippen molar-refractivity contribution in [3.8, 4) is 0 Å². The highest BCUT2D eigenvalue weighted by molar-refractivity contribution is 7.89. The van der Waals surface area contributed by atoms with Gasteiger partial charge in [-0.15, -0.1) is 0 Å². The molecule has 0 radical (unpaired) electrons. The Hall–Kier alpha value is -3.18. The molecule has 0 unspecified atom stereocenters. The van der Waals surface area contributed by atoms with Crippen LogP contribution in [0, 0.1) is 21.7 Å². The monoisotopic (exact) mass is 408 g/mol. The Labute approximate surface area is 158 Å². The molecule has 8 nitrogen and oxygen atoms in total. The minimum absolute atomic E-state index is 0.0214. The molecule has 1 aromatic heterocycles. The molecule has 1 heterocycles. The Morgan fingerprint density at radius 2 is 1.86 bits per heavy atom. The first kappa shape index (κ1) is 19.6. The van der Waals surface area contributed by atoms with Gasteiger partial charge in [0.15, 0.2) is 10.7 Å². The van der Waals surface area contributed by atoms with Crippen molar-refractivity contribution < 1.29 is 22.1 Å². The van der Waals surface area contributed by atoms with Crippen LogP contribution >= 0.6 is 0 Å². The summed E-state index contributed by atoms with van der Waals surface area (Å²) in [6.45, 7) is -0.0485. The third-order valence-electron chi connectivity index (χ3n) is 3.85. The summed E-state index contributed by atoms with van der Waals surface area (Å²) in [4.78, 5) is 13.6. The van der Waals surface area contributed by atoms with E-state index in [0.29, 0.717) is 5.69 Å². The number of benzene rings is 2. The normalized spacial score (nSPS) is 11.5. The van der Waals surface area contributed by atoms with Crippen molar-refractivity contribution in [1.82, 2.24) is 9.71 Å². The molecule has 0 aliphatic rings. The first-order valence-corrected chi connectivity index (χ1v) is 9.48. The minimum Gasteiger partial charge on any atom is -0.383 e. The molecule has 0 aliphatic heterocycles. The molecule has 2 aromatic carbocycles. The number of nitrogens with zero attached hydrogens (tertiary/aromatic N) is 2. The summed E-state index contributed by atoms with van der Waals surface area (Å²) in [5.74, 6) is -1.58. The number of pyridine rings is 1. The number of halogens is 2. The molecule has 11 heteroatoms. The van der Waals surface area contributed by atoms with Crippen LogP contribution in [0.15, 0.2) is 53.6 Å². The number of para-hydroxylation sites is 1. The topological polar surface area (TPSA) is 114 Å². The summed E-state index contributed by atoms with van der Waals surface area (Å²) in [7, 11) is -4.11. The smallest absolute Gasteiger partial charge is 0.289 e. The van der Waals surface area contributed by atoms with E-state index < -0.39 is 37.2 Å². The largest absolute Gasteiger partial charge is 0.383 e. The van der Waals surface area contributed by atoms with Crippen molar-refractivity contribution >= 4 is 32.3 Å². The minimum atomic E-state index is -4.11. The molecule has 0 saturated heterocycles. The number of rotatable bonds is 7. The summed E-state index contributed by atoms with van der Waals surface area (Å²) >= 11 is 0. The first-order chi connectivity index (χ1) is 13.3. The van der Waals surface area contributed by atoms with Gasteiger partial charge in [-0.2, -0.15) is 0 Å². The fraction of sp³-hybridized carbons (Fsp3) is 0.118. The third-order valence-corrected chi connectivity index (χ3v) is 5.36. The Kier molecular flexibility index (Phi) is 5.47. The number of aromatic nitrogens is 1. The zero-order chi connectivity index (χ0) is 20.3. The molecule has 2 N–H and O–H groups in total. The molecule has 0 bridgehead atoms. The molecular formula is C17H14F2N4O4S. The van der Waals surface area contributed by atoms with Crippen LogP contribution < -0.4 is 10.0 Å². The van der Waals surface area contributed by atoms with Gasteiger partial charge in [0.25, 0.3) is 5.69 Å². The van der Waals surface area contributed by atoms with Crippen LogP contribution in [0.3, 0.4) is 0 Å². The zero-order valence-electron chi connectivity index (χ0n) is 14.2. The van der Waals surface area contributed by atoms with Crippen LogP contribution in [-0.2, 0) is 10.0 Å². The standard InChI is InChI=1S/C17H14F2N4O4S/c18-11-9-12-14(5-6-21-17(12)13(19)10-11)20-7-8-22-28(26,27)16-4-2-1-3-15(16)23(24)25/h1-6,9-10,22H,7-8H2,(H,20,21). The summed E-state index contributed by atoms with van der Waals surface area (Å²) < 4.78 is 54.1. The molecule has 0 aliphatic carbocycles. The van der Waals surface area contributed by atoms with E-state index in [0.717, 1.165) is 24.3 Å². The Morgan fingerprint density at radius 3 is 2.61 bits per heavy atom. The second-order valence-corrected chi connectivity index (χ2v) is 7.43. The number of nitrogens with one attached hydrogen (secondary N) is 2. The highest BCUT2D eigenvalue weighted by Gasteiger charge is 2.24. The van der Waals surface area contributed by atoms with Crippen molar-refractivity contribution in [2.45, 2.75) is 4.90 Å². The lowest BCUT2D eigenvalue weighted by Gasteiger charge is -2.11. The Balaban J connectivity index is 1.72. The lowest BCUT2D eigenvalue weighted by Crippen LogP contribution is -2.29. The van der Waals surface area contributed by atoms with E-state index in [-0.39, 0.29) is 24.0 Å². The van der Waals surface area contributed by atoms with E-state index in [1.165, 1.54) is 24.4 Å². The predicted molar refractivity (Wildman–Crippen MR) is 98.4 cm³/mol. The van der Waals surface area contributed by atoms with Gasteiger partial charge in [-0.25, -0.2) is 21.9 Å². The zero-order valence-corrected chi connectivity index (χ0v) is 15.0. The number of nitro benzene ring substituents is 1. The van der Waals surface area contributed by atoms with Crippen LogP contribution in [0.2, 0.25) is 0 Å². The lowest BCUT2D eigenvalue weighted by molar-refractivity contribution is -0.387. The van der Waals surface area contributed by atoms with Gasteiger partial charge >= 0.3 is 0 Å². The van der Waals surface area contributed by atoms with Crippen LogP contribution in [0.25, 0.3) is 10.9 Å². The van der Waals surface area contributed by atoms with Gasteiger partial charge in [0, 0.05) is 42.5 Å².